The molecule has 182 valence electrons. The van der Waals surface area contributed by atoms with Gasteiger partial charge in [-0.05, 0) is 51.2 Å². The second kappa shape index (κ2) is 9.50. The van der Waals surface area contributed by atoms with Crippen LogP contribution >= 0.6 is 0 Å². The first-order valence-corrected chi connectivity index (χ1v) is 12.3. The van der Waals surface area contributed by atoms with Crippen molar-refractivity contribution in [2.45, 2.75) is 57.8 Å². The fraction of sp³-hybridized carbons (Fsp3) is 0.591. The fourth-order valence-electron chi connectivity index (χ4n) is 3.60. The Hall–Kier alpha value is -2.32. The smallest absolute Gasteiger partial charge is 0.422 e. The van der Waals surface area contributed by atoms with Crippen LogP contribution in [-0.4, -0.2) is 56.6 Å². The number of nitrogens with one attached hydrogen (secondary N) is 1. The maximum Gasteiger partial charge on any atom is 0.422 e. The van der Waals surface area contributed by atoms with Crippen LogP contribution in [0.25, 0.3) is 0 Å². The highest BCUT2D eigenvalue weighted by Crippen LogP contribution is 2.44. The molecule has 1 saturated carbocycles. The molecular formula is C22H26F4N2O4S. The molecule has 33 heavy (non-hydrogen) atoms. The standard InChI is InChI=1S/C22H26F4N2O4S/c1-3-33(30,31)27-17-8-12-28(20(29)32-14-22(24,25)26)18(17)13-16-6-4-5-15(19(16)23)7-9-21(2)10-11-21/h4-6,17-18,27H,3,8,10-14H2,1-2H3. The summed E-state index contributed by atoms with van der Waals surface area (Å²) in [6.07, 6.45) is -4.00. The molecule has 1 aromatic carbocycles. The molecular weight excluding hydrogens is 464 g/mol. The Balaban J connectivity index is 1.85. The predicted molar refractivity (Wildman–Crippen MR) is 113 cm³/mol. The molecule has 0 spiro atoms. The third kappa shape index (κ3) is 6.84. The van der Waals surface area contributed by atoms with Crippen LogP contribution in [0.5, 0.6) is 0 Å². The number of alkyl halides is 3. The highest BCUT2D eigenvalue weighted by molar-refractivity contribution is 7.89. The molecule has 1 aliphatic carbocycles. The summed E-state index contributed by atoms with van der Waals surface area (Å²) in [4.78, 5) is 13.4. The van der Waals surface area contributed by atoms with Gasteiger partial charge in [-0.3, -0.25) is 0 Å². The monoisotopic (exact) mass is 490 g/mol. The van der Waals surface area contributed by atoms with Crippen LogP contribution in [0.2, 0.25) is 0 Å². The number of hydrogen-bond donors (Lipinski definition) is 1. The second-order valence-corrected chi connectivity index (χ2v) is 10.7. The van der Waals surface area contributed by atoms with Crippen molar-refractivity contribution >= 4 is 16.1 Å². The quantitative estimate of drug-likeness (QED) is 0.489. The first-order valence-electron chi connectivity index (χ1n) is 10.6. The number of halogens is 4. The van der Waals surface area contributed by atoms with E-state index in [1.54, 1.807) is 6.07 Å². The molecule has 2 atom stereocenters. The Morgan fingerprint density at radius 3 is 2.64 bits per heavy atom. The zero-order valence-electron chi connectivity index (χ0n) is 18.3. The summed E-state index contributed by atoms with van der Waals surface area (Å²) in [5.41, 5.74) is 0.246. The lowest BCUT2D eigenvalue weighted by molar-refractivity contribution is -0.162. The maximum absolute atomic E-state index is 15.2. The van der Waals surface area contributed by atoms with E-state index in [9.17, 15) is 26.4 Å². The van der Waals surface area contributed by atoms with Gasteiger partial charge in [-0.15, -0.1) is 0 Å². The number of hydrogen-bond acceptors (Lipinski definition) is 4. The van der Waals surface area contributed by atoms with Gasteiger partial charge in [0.1, 0.15) is 5.82 Å². The van der Waals surface area contributed by atoms with E-state index in [1.165, 1.54) is 19.1 Å². The number of benzene rings is 1. The van der Waals surface area contributed by atoms with E-state index in [1.807, 2.05) is 6.92 Å². The van der Waals surface area contributed by atoms with E-state index in [0.29, 0.717) is 0 Å². The van der Waals surface area contributed by atoms with Gasteiger partial charge in [-0.2, -0.15) is 13.2 Å². The molecule has 3 rings (SSSR count). The van der Waals surface area contributed by atoms with E-state index >= 15 is 4.39 Å². The Kier molecular flexibility index (Phi) is 7.29. The van der Waals surface area contributed by atoms with Crippen LogP contribution in [0.3, 0.4) is 0 Å². The van der Waals surface area contributed by atoms with Crippen molar-refractivity contribution in [1.82, 2.24) is 9.62 Å². The summed E-state index contributed by atoms with van der Waals surface area (Å²) in [6.45, 7) is 1.62. The summed E-state index contributed by atoms with van der Waals surface area (Å²) in [7, 11) is -3.67. The molecule has 1 aromatic rings. The number of ether oxygens (including phenoxy) is 1. The van der Waals surface area contributed by atoms with E-state index < -0.39 is 46.8 Å². The molecule has 6 nitrogen and oxygen atoms in total. The number of rotatable bonds is 6. The number of carbonyl (C=O) groups is 1. The highest BCUT2D eigenvalue weighted by atomic mass is 32.2. The van der Waals surface area contributed by atoms with Crippen LogP contribution in [0.15, 0.2) is 18.2 Å². The topological polar surface area (TPSA) is 75.7 Å². The largest absolute Gasteiger partial charge is 0.440 e. The first kappa shape index (κ1) is 25.3. The minimum Gasteiger partial charge on any atom is -0.440 e. The molecule has 2 unspecified atom stereocenters. The molecule has 1 amide bonds. The number of nitrogens with zero attached hydrogens (tertiary/aromatic N) is 1. The molecule has 1 heterocycles. The van der Waals surface area contributed by atoms with Crippen LogP contribution in [0, 0.1) is 23.1 Å². The molecule has 0 aromatic heterocycles. The highest BCUT2D eigenvalue weighted by Gasteiger charge is 2.41. The Morgan fingerprint density at radius 1 is 1.33 bits per heavy atom. The maximum atomic E-state index is 15.2. The minimum absolute atomic E-state index is 0.0300. The zero-order chi connectivity index (χ0) is 24.4. The number of likely N-dealkylation sites (tertiary alicyclic amines) is 1. The van der Waals surface area contributed by atoms with Gasteiger partial charge < -0.3 is 9.64 Å². The molecule has 11 heteroatoms. The predicted octanol–water partition coefficient (Wildman–Crippen LogP) is 3.60. The first-order chi connectivity index (χ1) is 15.3. The van der Waals surface area contributed by atoms with Gasteiger partial charge in [-0.25, -0.2) is 22.3 Å². The Labute approximate surface area is 190 Å². The summed E-state index contributed by atoms with van der Waals surface area (Å²) in [6, 6.07) is 2.89. The van der Waals surface area contributed by atoms with Crippen molar-refractivity contribution in [3.05, 3.63) is 35.1 Å². The van der Waals surface area contributed by atoms with Crippen molar-refractivity contribution in [1.29, 1.82) is 0 Å². The molecule has 0 radical (unpaired) electrons. The summed E-state index contributed by atoms with van der Waals surface area (Å²) >= 11 is 0. The van der Waals surface area contributed by atoms with Gasteiger partial charge in [0.05, 0.1) is 17.4 Å². The lowest BCUT2D eigenvalue weighted by atomic mass is 9.98. The van der Waals surface area contributed by atoms with E-state index in [-0.39, 0.29) is 41.7 Å². The molecule has 1 saturated heterocycles. The van der Waals surface area contributed by atoms with Crippen molar-refractivity contribution in [2.75, 3.05) is 18.9 Å². The van der Waals surface area contributed by atoms with Crippen molar-refractivity contribution in [3.63, 3.8) is 0 Å². The molecule has 2 fully saturated rings. The number of amides is 1. The third-order valence-electron chi connectivity index (χ3n) is 5.86. The summed E-state index contributed by atoms with van der Waals surface area (Å²) in [5, 5.41) is 0. The third-order valence-corrected chi connectivity index (χ3v) is 7.28. The van der Waals surface area contributed by atoms with Crippen molar-refractivity contribution < 1.29 is 35.5 Å². The van der Waals surface area contributed by atoms with E-state index in [4.69, 9.17) is 0 Å². The SMILES string of the molecule is CCS(=O)(=O)NC1CCN(C(=O)OCC(F)(F)F)C1Cc1cccc(C#CC2(C)CC2)c1F. The van der Waals surface area contributed by atoms with E-state index in [0.717, 1.165) is 17.7 Å². The van der Waals surface area contributed by atoms with Crippen LogP contribution in [0.1, 0.15) is 44.2 Å². The molecule has 1 aliphatic heterocycles. The lowest BCUT2D eigenvalue weighted by Gasteiger charge is -2.28. The number of sulfonamides is 1. The van der Waals surface area contributed by atoms with Crippen molar-refractivity contribution in [3.8, 4) is 11.8 Å². The van der Waals surface area contributed by atoms with Gasteiger partial charge in [0.2, 0.25) is 10.0 Å². The fourth-order valence-corrected chi connectivity index (χ4v) is 4.50. The average Bonchev–Trinajstić information content (AvgIpc) is 3.35. The minimum atomic E-state index is -4.70. The average molecular weight is 491 g/mol. The molecule has 0 bridgehead atoms. The second-order valence-electron chi connectivity index (χ2n) is 8.64. The van der Waals surface area contributed by atoms with Crippen LogP contribution in [0.4, 0.5) is 22.4 Å². The molecule has 2 aliphatic rings. The van der Waals surface area contributed by atoms with Crippen LogP contribution < -0.4 is 4.72 Å². The van der Waals surface area contributed by atoms with Gasteiger partial charge in [0.25, 0.3) is 0 Å². The Bertz CT molecular complexity index is 1060. The van der Waals surface area contributed by atoms with Crippen LogP contribution in [-0.2, 0) is 21.2 Å². The lowest BCUT2D eigenvalue weighted by Crippen LogP contribution is -2.48. The van der Waals surface area contributed by atoms with Gasteiger partial charge in [-0.1, -0.05) is 24.0 Å². The summed E-state index contributed by atoms with van der Waals surface area (Å²) < 4.78 is 83.7. The van der Waals surface area contributed by atoms with Gasteiger partial charge in [0, 0.05) is 18.0 Å². The zero-order valence-corrected chi connectivity index (χ0v) is 19.2. The number of carbonyl (C=O) groups excluding carboxylic acids is 1. The van der Waals surface area contributed by atoms with E-state index in [2.05, 4.69) is 21.3 Å². The Morgan fingerprint density at radius 2 is 2.03 bits per heavy atom. The summed E-state index contributed by atoms with van der Waals surface area (Å²) in [5.74, 6) is 5.08. The van der Waals surface area contributed by atoms with Gasteiger partial charge >= 0.3 is 12.3 Å². The van der Waals surface area contributed by atoms with Crippen molar-refractivity contribution in [2.24, 2.45) is 5.41 Å². The van der Waals surface area contributed by atoms with Gasteiger partial charge in [0.15, 0.2) is 6.61 Å². The normalized spacial score (nSPS) is 21.9. The molecule has 1 N–H and O–H groups in total.